The topological polar surface area (TPSA) is 104 Å². The summed E-state index contributed by atoms with van der Waals surface area (Å²) in [4.78, 5) is 42.7. The molecule has 5 rings (SSSR count). The highest BCUT2D eigenvalue weighted by Gasteiger charge is 2.31. The fourth-order valence-corrected chi connectivity index (χ4v) is 5.38. The van der Waals surface area contributed by atoms with Crippen molar-refractivity contribution in [3.05, 3.63) is 82.3 Å². The number of nitrogens with zero attached hydrogens (tertiary/aromatic N) is 6. The van der Waals surface area contributed by atoms with Crippen molar-refractivity contribution in [2.75, 3.05) is 24.5 Å². The molecular formula is C30H29F3N6O3. The van der Waals surface area contributed by atoms with Gasteiger partial charge in [0.1, 0.15) is 28.9 Å². The Bertz CT molecular complexity index is 1780. The van der Waals surface area contributed by atoms with Gasteiger partial charge in [-0.2, -0.15) is 4.98 Å². The van der Waals surface area contributed by atoms with Crippen LogP contribution in [0, 0.1) is 24.4 Å². The van der Waals surface area contributed by atoms with Crippen LogP contribution in [-0.2, 0) is 4.79 Å². The van der Waals surface area contributed by atoms with Gasteiger partial charge < -0.3 is 14.9 Å². The number of anilines is 1. The third-order valence-corrected chi connectivity index (χ3v) is 7.38. The van der Waals surface area contributed by atoms with Crippen molar-refractivity contribution in [3.63, 3.8) is 0 Å². The number of aromatic hydroxyl groups is 1. The Morgan fingerprint density at radius 3 is 2.52 bits per heavy atom. The van der Waals surface area contributed by atoms with Crippen LogP contribution in [0.2, 0.25) is 0 Å². The van der Waals surface area contributed by atoms with Gasteiger partial charge in [0.25, 0.3) is 0 Å². The van der Waals surface area contributed by atoms with Gasteiger partial charge in [-0.1, -0.05) is 20.4 Å². The number of benzene rings is 1. The van der Waals surface area contributed by atoms with E-state index < -0.39 is 40.1 Å². The van der Waals surface area contributed by atoms with E-state index in [9.17, 15) is 23.5 Å². The molecule has 1 amide bonds. The van der Waals surface area contributed by atoms with Gasteiger partial charge in [0.2, 0.25) is 5.91 Å². The summed E-state index contributed by atoms with van der Waals surface area (Å²) in [5.74, 6) is -4.36. The van der Waals surface area contributed by atoms with E-state index in [2.05, 4.69) is 21.5 Å². The molecule has 1 saturated heterocycles. The van der Waals surface area contributed by atoms with Gasteiger partial charge in [-0.3, -0.25) is 9.78 Å². The first-order valence-electron chi connectivity index (χ1n) is 13.4. The number of amides is 1. The molecule has 218 valence electrons. The second-order valence-corrected chi connectivity index (χ2v) is 10.6. The van der Waals surface area contributed by atoms with Crippen LogP contribution in [-0.4, -0.2) is 61.1 Å². The fourth-order valence-electron chi connectivity index (χ4n) is 5.38. The molecule has 1 atom stereocenters. The first-order valence-corrected chi connectivity index (χ1v) is 13.4. The number of hydrogen-bond donors (Lipinski definition) is 1. The Morgan fingerprint density at radius 1 is 1.14 bits per heavy atom. The lowest BCUT2D eigenvalue weighted by molar-refractivity contribution is -0.126. The van der Waals surface area contributed by atoms with Crippen molar-refractivity contribution in [2.45, 2.75) is 39.7 Å². The van der Waals surface area contributed by atoms with Gasteiger partial charge in [-0.25, -0.2) is 27.5 Å². The predicted molar refractivity (Wildman–Crippen MR) is 152 cm³/mol. The number of phenols is 1. The fraction of sp³-hybridized carbons (Fsp3) is 0.300. The number of carbonyl (C=O) groups is 1. The second-order valence-electron chi connectivity index (χ2n) is 10.6. The summed E-state index contributed by atoms with van der Waals surface area (Å²) in [6.07, 6.45) is 2.84. The van der Waals surface area contributed by atoms with Crippen molar-refractivity contribution in [2.24, 2.45) is 0 Å². The highest BCUT2D eigenvalue weighted by Crippen LogP contribution is 2.37. The summed E-state index contributed by atoms with van der Waals surface area (Å²) >= 11 is 0. The molecule has 1 N–H and O–H groups in total. The highest BCUT2D eigenvalue weighted by atomic mass is 19.1. The standard InChI is InChI=1S/C30H29F3N6O3/c1-6-23(41)37-9-10-38(17(5)14-37)28-19-13-21(33)26(24-20(32)11-18(31)12-22(24)40)35-29(19)39(30(42)36-28)27-16(4)7-8-34-25(27)15(2)3/h6-8,11-13,15,17,40H,1,9-10,14H2,2-5H3/t17-/m0/s1. The third-order valence-electron chi connectivity index (χ3n) is 7.38. The number of rotatable bonds is 5. The second kappa shape index (κ2) is 10.9. The van der Waals surface area contributed by atoms with Crippen LogP contribution in [0.1, 0.15) is 37.9 Å². The maximum absolute atomic E-state index is 15.8. The molecule has 0 bridgehead atoms. The van der Waals surface area contributed by atoms with Gasteiger partial charge in [-0.15, -0.1) is 0 Å². The normalized spacial score (nSPS) is 15.5. The summed E-state index contributed by atoms with van der Waals surface area (Å²) in [5.41, 5.74) is -0.429. The number of hydrogen-bond acceptors (Lipinski definition) is 7. The molecule has 1 aliphatic rings. The average molecular weight is 579 g/mol. The van der Waals surface area contributed by atoms with E-state index in [1.54, 1.807) is 29.0 Å². The minimum Gasteiger partial charge on any atom is -0.507 e. The van der Waals surface area contributed by atoms with E-state index in [-0.39, 0.29) is 41.3 Å². The molecule has 12 heteroatoms. The molecule has 42 heavy (non-hydrogen) atoms. The van der Waals surface area contributed by atoms with Crippen molar-refractivity contribution in [3.8, 4) is 22.7 Å². The number of aromatic nitrogens is 4. The summed E-state index contributed by atoms with van der Waals surface area (Å²) in [7, 11) is 0. The molecule has 0 radical (unpaired) electrons. The Hall–Kier alpha value is -4.74. The van der Waals surface area contributed by atoms with Gasteiger partial charge in [0.15, 0.2) is 11.5 Å². The molecule has 4 heterocycles. The predicted octanol–water partition coefficient (Wildman–Crippen LogP) is 4.62. The number of halogens is 3. The van der Waals surface area contributed by atoms with Crippen molar-refractivity contribution >= 4 is 22.8 Å². The zero-order valence-electron chi connectivity index (χ0n) is 23.5. The number of piperazine rings is 1. The number of fused-ring (bicyclic) bond motifs is 1. The Balaban J connectivity index is 1.84. The van der Waals surface area contributed by atoms with Crippen molar-refractivity contribution in [1.82, 2.24) is 24.4 Å². The molecular weight excluding hydrogens is 549 g/mol. The van der Waals surface area contributed by atoms with Crippen LogP contribution in [0.3, 0.4) is 0 Å². The van der Waals surface area contributed by atoms with Crippen LogP contribution in [0.5, 0.6) is 5.75 Å². The minimum atomic E-state index is -1.22. The van der Waals surface area contributed by atoms with E-state index >= 15 is 4.39 Å². The smallest absolute Gasteiger partial charge is 0.355 e. The monoisotopic (exact) mass is 578 g/mol. The molecule has 4 aromatic rings. The summed E-state index contributed by atoms with van der Waals surface area (Å²) < 4.78 is 45.7. The molecule has 1 aliphatic heterocycles. The maximum Gasteiger partial charge on any atom is 0.355 e. The lowest BCUT2D eigenvalue weighted by atomic mass is 10.0. The van der Waals surface area contributed by atoms with Crippen LogP contribution in [0.15, 0.2) is 47.9 Å². The van der Waals surface area contributed by atoms with E-state index in [1.165, 1.54) is 10.6 Å². The zero-order valence-corrected chi connectivity index (χ0v) is 23.5. The molecule has 1 aromatic carbocycles. The summed E-state index contributed by atoms with van der Waals surface area (Å²) in [6.45, 7) is 11.9. The summed E-state index contributed by atoms with van der Waals surface area (Å²) in [6, 6.07) is 3.64. The van der Waals surface area contributed by atoms with Crippen LogP contribution >= 0.6 is 0 Å². The van der Waals surface area contributed by atoms with E-state index in [0.717, 1.165) is 6.07 Å². The Labute approximate surface area is 239 Å². The first kappa shape index (κ1) is 28.8. The first-order chi connectivity index (χ1) is 19.9. The minimum absolute atomic E-state index is 0.0562. The SMILES string of the molecule is C=CC(=O)N1CCN(c2nc(=O)n(-c3c(C)ccnc3C(C)C)c3nc(-c4c(O)cc(F)cc4F)c(F)cc23)[C@@H](C)C1. The molecule has 0 spiro atoms. The van der Waals surface area contributed by atoms with Crippen LogP contribution in [0.25, 0.3) is 28.0 Å². The van der Waals surface area contributed by atoms with E-state index in [4.69, 9.17) is 0 Å². The number of carbonyl (C=O) groups excluding carboxylic acids is 1. The average Bonchev–Trinajstić information content (AvgIpc) is 2.92. The molecule has 9 nitrogen and oxygen atoms in total. The number of aryl methyl sites for hydroxylation is 1. The van der Waals surface area contributed by atoms with E-state index in [1.807, 2.05) is 20.8 Å². The van der Waals surface area contributed by atoms with Crippen molar-refractivity contribution < 1.29 is 23.1 Å². The zero-order chi connectivity index (χ0) is 30.5. The molecule has 0 aliphatic carbocycles. The Morgan fingerprint density at radius 2 is 1.88 bits per heavy atom. The molecule has 1 fully saturated rings. The largest absolute Gasteiger partial charge is 0.507 e. The van der Waals surface area contributed by atoms with Crippen molar-refractivity contribution in [1.29, 1.82) is 0 Å². The number of pyridine rings is 2. The van der Waals surface area contributed by atoms with Gasteiger partial charge in [-0.05, 0) is 43.5 Å². The lowest BCUT2D eigenvalue weighted by Crippen LogP contribution is -2.54. The van der Waals surface area contributed by atoms with Gasteiger partial charge in [0.05, 0.1) is 22.3 Å². The highest BCUT2D eigenvalue weighted by molar-refractivity contribution is 5.91. The maximum atomic E-state index is 15.8. The lowest BCUT2D eigenvalue weighted by Gasteiger charge is -2.40. The van der Waals surface area contributed by atoms with Crippen LogP contribution in [0.4, 0.5) is 19.0 Å². The molecule has 3 aromatic heterocycles. The summed E-state index contributed by atoms with van der Waals surface area (Å²) in [5, 5.41) is 10.5. The Kier molecular flexibility index (Phi) is 7.48. The molecule has 0 saturated carbocycles. The van der Waals surface area contributed by atoms with Gasteiger partial charge >= 0.3 is 5.69 Å². The van der Waals surface area contributed by atoms with E-state index in [0.29, 0.717) is 42.2 Å². The quantitative estimate of drug-likeness (QED) is 0.345. The third kappa shape index (κ3) is 4.86. The molecule has 0 unspecified atom stereocenters. The number of phenolic OH excluding ortho intramolecular Hbond substituents is 1. The van der Waals surface area contributed by atoms with Gasteiger partial charge in [0, 0.05) is 44.0 Å². The van der Waals surface area contributed by atoms with Crippen LogP contribution < -0.4 is 10.6 Å².